The molecule has 1 N–H and O–H groups in total. The number of cyclic esters (lactones) is 1. The molecule has 0 radical (unpaired) electrons. The van der Waals surface area contributed by atoms with Crippen molar-refractivity contribution in [3.63, 3.8) is 0 Å². The first-order chi connectivity index (χ1) is 21.5. The lowest BCUT2D eigenvalue weighted by Crippen LogP contribution is -2.31. The number of carbonyl (C=O) groups excluding carboxylic acids is 2. The summed E-state index contributed by atoms with van der Waals surface area (Å²) in [4.78, 5) is 59.4. The minimum atomic E-state index is -1.46. The van der Waals surface area contributed by atoms with Crippen molar-refractivity contribution >= 4 is 35.4 Å². The number of hydrogen-bond donors (Lipinski definition) is 1. The van der Waals surface area contributed by atoms with Crippen LogP contribution in [0.3, 0.4) is 0 Å². The number of rotatable bonds is 14. The zero-order chi connectivity index (χ0) is 32.7. The predicted molar refractivity (Wildman–Crippen MR) is 163 cm³/mol. The molecule has 45 heavy (non-hydrogen) atoms. The Morgan fingerprint density at radius 2 is 1.64 bits per heavy atom. The molecule has 12 heteroatoms. The number of methoxy groups -OCH3 is 1. The van der Waals surface area contributed by atoms with Gasteiger partial charge in [0.25, 0.3) is 11.4 Å². The summed E-state index contributed by atoms with van der Waals surface area (Å²) < 4.78 is 10.8. The second-order valence-electron chi connectivity index (χ2n) is 10.8. The Morgan fingerprint density at radius 1 is 0.956 bits per heavy atom. The zero-order valence-corrected chi connectivity index (χ0v) is 24.8. The van der Waals surface area contributed by atoms with E-state index in [4.69, 9.17) is 4.74 Å². The van der Waals surface area contributed by atoms with Gasteiger partial charge in [0, 0.05) is 41.5 Å². The van der Waals surface area contributed by atoms with Crippen LogP contribution in [0.5, 0.6) is 0 Å². The first kappa shape index (κ1) is 32.5. The summed E-state index contributed by atoms with van der Waals surface area (Å²) in [6, 6.07) is 14.6. The van der Waals surface area contributed by atoms with Crippen molar-refractivity contribution in [1.82, 2.24) is 0 Å². The number of nitro groups is 2. The number of fused-ring (bicyclic) bond motifs is 1. The number of nitro benzene ring substituents is 2. The first-order valence-electron chi connectivity index (χ1n) is 14.4. The molecule has 234 valence electrons. The standard InChI is InChI=1S/C33H32N2O10/c1-3-4-5-16-33(29-18-22(9-15-30(36)44-2)8-14-27(29)32(39)45-33)28-20-26(35(42)43)13-10-23(28)19-24(31(37)38)17-21-6-11-25(12-7-21)34(40)41/h6-15,18,20,24H,3-5,16-17,19H2,1-2H3,(H,37,38)/b15-9+. The van der Waals surface area contributed by atoms with Crippen LogP contribution >= 0.6 is 0 Å². The molecule has 4 rings (SSSR count). The molecular formula is C33H32N2O10. The minimum Gasteiger partial charge on any atom is -0.481 e. The fourth-order valence-electron chi connectivity index (χ4n) is 5.60. The fraction of sp³-hybridized carbons (Fsp3) is 0.303. The highest BCUT2D eigenvalue weighted by molar-refractivity contribution is 5.96. The molecule has 0 fully saturated rings. The summed E-state index contributed by atoms with van der Waals surface area (Å²) in [6.07, 6.45) is 5.21. The van der Waals surface area contributed by atoms with E-state index in [1.807, 2.05) is 6.92 Å². The monoisotopic (exact) mass is 616 g/mol. The molecule has 0 amide bonds. The third-order valence-electron chi connectivity index (χ3n) is 7.90. The number of carboxylic acid groups (broad SMARTS) is 1. The molecule has 1 heterocycles. The van der Waals surface area contributed by atoms with Crippen LogP contribution in [-0.4, -0.2) is 40.0 Å². The highest BCUT2D eigenvalue weighted by atomic mass is 16.6. The molecule has 3 aromatic rings. The molecular weight excluding hydrogens is 584 g/mol. The molecule has 0 aliphatic carbocycles. The van der Waals surface area contributed by atoms with Crippen LogP contribution in [0, 0.1) is 26.1 Å². The topological polar surface area (TPSA) is 176 Å². The first-order valence-corrected chi connectivity index (χ1v) is 14.4. The summed E-state index contributed by atoms with van der Waals surface area (Å²) in [7, 11) is 1.25. The van der Waals surface area contributed by atoms with Crippen LogP contribution in [0.1, 0.15) is 70.8 Å². The number of carboxylic acids is 1. The average Bonchev–Trinajstić information content (AvgIpc) is 3.30. The molecule has 1 aliphatic rings. The van der Waals surface area contributed by atoms with Crippen LogP contribution in [0.2, 0.25) is 0 Å². The van der Waals surface area contributed by atoms with Gasteiger partial charge in [-0.25, -0.2) is 9.59 Å². The van der Waals surface area contributed by atoms with Gasteiger partial charge in [0.05, 0.1) is 28.4 Å². The smallest absolute Gasteiger partial charge is 0.339 e. The summed E-state index contributed by atoms with van der Waals surface area (Å²) >= 11 is 0. The number of carbonyl (C=O) groups is 3. The van der Waals surface area contributed by atoms with E-state index in [0.717, 1.165) is 12.8 Å². The van der Waals surface area contributed by atoms with Crippen molar-refractivity contribution in [2.24, 2.45) is 5.92 Å². The number of hydrogen-bond acceptors (Lipinski definition) is 9. The Labute approximate surface area is 258 Å². The van der Waals surface area contributed by atoms with E-state index in [0.29, 0.717) is 34.2 Å². The van der Waals surface area contributed by atoms with E-state index in [1.165, 1.54) is 61.7 Å². The lowest BCUT2D eigenvalue weighted by atomic mass is 9.77. The van der Waals surface area contributed by atoms with Crippen molar-refractivity contribution in [3.05, 3.63) is 120 Å². The summed E-state index contributed by atoms with van der Waals surface area (Å²) in [6.45, 7) is 2.01. The van der Waals surface area contributed by atoms with Crippen molar-refractivity contribution in [2.75, 3.05) is 7.11 Å². The van der Waals surface area contributed by atoms with Gasteiger partial charge in [0.15, 0.2) is 5.60 Å². The molecule has 2 unspecified atom stereocenters. The van der Waals surface area contributed by atoms with Crippen molar-refractivity contribution in [1.29, 1.82) is 0 Å². The lowest BCUT2D eigenvalue weighted by molar-refractivity contribution is -0.385. The molecule has 0 saturated heterocycles. The number of unbranched alkanes of at least 4 members (excludes halogenated alkanes) is 2. The molecule has 12 nitrogen and oxygen atoms in total. The fourth-order valence-corrected chi connectivity index (χ4v) is 5.60. The number of non-ortho nitro benzene ring substituents is 2. The van der Waals surface area contributed by atoms with Gasteiger partial charge in [-0.3, -0.25) is 25.0 Å². The largest absolute Gasteiger partial charge is 0.481 e. The Balaban J connectivity index is 1.86. The second-order valence-corrected chi connectivity index (χ2v) is 10.8. The highest BCUT2D eigenvalue weighted by Gasteiger charge is 2.48. The maximum absolute atomic E-state index is 13.3. The second kappa shape index (κ2) is 13.9. The molecule has 0 spiro atoms. The number of nitrogens with zero attached hydrogens (tertiary/aromatic N) is 2. The van der Waals surface area contributed by atoms with Crippen LogP contribution in [0.4, 0.5) is 11.4 Å². The summed E-state index contributed by atoms with van der Waals surface area (Å²) in [5.41, 5.74) is 0.761. The van der Waals surface area contributed by atoms with Gasteiger partial charge in [-0.2, -0.15) is 0 Å². The lowest BCUT2D eigenvalue weighted by Gasteiger charge is -2.32. The number of ether oxygens (including phenoxy) is 2. The van der Waals surface area contributed by atoms with Crippen molar-refractivity contribution in [3.8, 4) is 0 Å². The van der Waals surface area contributed by atoms with E-state index in [9.17, 15) is 39.7 Å². The molecule has 2 atom stereocenters. The Bertz CT molecular complexity index is 1660. The van der Waals surface area contributed by atoms with Crippen molar-refractivity contribution < 1.29 is 38.8 Å². The van der Waals surface area contributed by atoms with Crippen LogP contribution in [0.15, 0.2) is 66.7 Å². The average molecular weight is 617 g/mol. The number of aliphatic carboxylic acids is 1. The van der Waals surface area contributed by atoms with Crippen LogP contribution in [0.25, 0.3) is 6.08 Å². The van der Waals surface area contributed by atoms with E-state index >= 15 is 0 Å². The van der Waals surface area contributed by atoms with Gasteiger partial charge in [-0.1, -0.05) is 44.0 Å². The normalized spacial score (nSPS) is 16.2. The van der Waals surface area contributed by atoms with E-state index < -0.39 is 39.3 Å². The maximum Gasteiger partial charge on any atom is 0.339 e. The quantitative estimate of drug-likeness (QED) is 0.0724. The molecule has 0 bridgehead atoms. The molecule has 3 aromatic carbocycles. The summed E-state index contributed by atoms with van der Waals surface area (Å²) in [5.74, 6) is -3.34. The third-order valence-corrected chi connectivity index (χ3v) is 7.90. The summed E-state index contributed by atoms with van der Waals surface area (Å²) in [5, 5.41) is 33.2. The molecule has 0 aromatic heterocycles. The van der Waals surface area contributed by atoms with Crippen molar-refractivity contribution in [2.45, 2.75) is 51.0 Å². The minimum absolute atomic E-state index is 0.0332. The van der Waals surface area contributed by atoms with Gasteiger partial charge in [0.2, 0.25) is 0 Å². The predicted octanol–water partition coefficient (Wildman–Crippen LogP) is 6.17. The van der Waals surface area contributed by atoms with Gasteiger partial charge in [-0.15, -0.1) is 0 Å². The number of benzene rings is 3. The number of esters is 2. The van der Waals surface area contributed by atoms with Gasteiger partial charge < -0.3 is 14.6 Å². The van der Waals surface area contributed by atoms with E-state index in [2.05, 4.69) is 4.74 Å². The highest BCUT2D eigenvalue weighted by Crippen LogP contribution is 2.48. The van der Waals surface area contributed by atoms with E-state index in [-0.39, 0.29) is 36.2 Å². The Hall–Kier alpha value is -5.39. The molecule has 0 saturated carbocycles. The van der Waals surface area contributed by atoms with Gasteiger partial charge >= 0.3 is 17.9 Å². The Morgan fingerprint density at radius 3 is 2.27 bits per heavy atom. The van der Waals surface area contributed by atoms with Gasteiger partial charge in [-0.05, 0) is 60.6 Å². The zero-order valence-electron chi connectivity index (χ0n) is 24.8. The SMILES string of the molecule is CCCCCC1(c2cc([N+](=O)[O-])ccc2CC(Cc2ccc([N+](=O)[O-])cc2)C(=O)O)OC(=O)c2ccc(/C=C/C(=O)OC)cc21. The van der Waals surface area contributed by atoms with Gasteiger partial charge in [0.1, 0.15) is 0 Å². The Kier molecular flexibility index (Phi) is 10.1. The maximum atomic E-state index is 13.3. The molecule has 1 aliphatic heterocycles. The van der Waals surface area contributed by atoms with Crippen LogP contribution < -0.4 is 0 Å². The third kappa shape index (κ3) is 7.23. The van der Waals surface area contributed by atoms with Crippen LogP contribution in [-0.2, 0) is 37.5 Å². The van der Waals surface area contributed by atoms with E-state index in [1.54, 1.807) is 18.2 Å².